The Hall–Kier alpha value is -3.52. The van der Waals surface area contributed by atoms with Crippen LogP contribution in [-0.2, 0) is 6.16 Å². The maximum atomic E-state index is 12.9. The SMILES string of the molecule is Cc1ccc(C(=O)COc2ccc(Br)cc2C[P+](c2ccccc2)(c2ccccc2)c2ccccc2)cc1. The number of rotatable bonds is 9. The van der Waals surface area contributed by atoms with E-state index < -0.39 is 7.26 Å². The first-order valence-corrected chi connectivity index (χ1v) is 15.4. The second-order valence-electron chi connectivity index (χ2n) is 9.30. The molecule has 0 aliphatic heterocycles. The standard InChI is InChI=1S/C34H29BrO2P/c1-26-17-19-27(20-18-26)33(36)24-37-34-22-21-29(35)23-28(34)25-38(30-11-5-2-6-12-30,31-13-7-3-8-14-31)32-15-9-4-10-16-32/h2-23H,24-25H2,1H3/q+1. The zero-order chi connectivity index (χ0) is 26.4. The number of halogens is 1. The number of ether oxygens (including phenoxy) is 1. The van der Waals surface area contributed by atoms with Crippen molar-refractivity contribution in [2.45, 2.75) is 13.1 Å². The minimum Gasteiger partial charge on any atom is -0.485 e. The minimum atomic E-state index is -2.12. The van der Waals surface area contributed by atoms with Gasteiger partial charge in [-0.15, -0.1) is 0 Å². The summed E-state index contributed by atoms with van der Waals surface area (Å²) in [7, 11) is -2.12. The topological polar surface area (TPSA) is 26.3 Å². The van der Waals surface area contributed by atoms with Crippen LogP contribution in [0.1, 0.15) is 21.5 Å². The third-order valence-electron chi connectivity index (χ3n) is 6.75. The number of ketones is 1. The molecule has 0 aromatic heterocycles. The molecular formula is C34H29BrO2P+. The highest BCUT2D eigenvalue weighted by Gasteiger charge is 2.46. The molecule has 4 heteroatoms. The van der Waals surface area contributed by atoms with E-state index in [1.165, 1.54) is 15.9 Å². The number of hydrogen-bond acceptors (Lipinski definition) is 2. The van der Waals surface area contributed by atoms with E-state index in [9.17, 15) is 4.79 Å². The highest BCUT2D eigenvalue weighted by atomic mass is 79.9. The average Bonchev–Trinajstić information content (AvgIpc) is 2.97. The lowest BCUT2D eigenvalue weighted by molar-refractivity contribution is 0.0921. The maximum Gasteiger partial charge on any atom is 0.200 e. The van der Waals surface area contributed by atoms with Crippen LogP contribution in [0.15, 0.2) is 138 Å². The van der Waals surface area contributed by atoms with Crippen molar-refractivity contribution in [3.05, 3.63) is 155 Å². The fourth-order valence-corrected chi connectivity index (χ4v) is 9.45. The zero-order valence-corrected chi connectivity index (χ0v) is 23.7. The predicted molar refractivity (Wildman–Crippen MR) is 164 cm³/mol. The van der Waals surface area contributed by atoms with Crippen molar-refractivity contribution in [3.8, 4) is 5.75 Å². The Morgan fingerprint density at radius 1 is 0.684 bits per heavy atom. The van der Waals surface area contributed by atoms with Crippen LogP contribution in [0, 0.1) is 6.92 Å². The Morgan fingerprint density at radius 2 is 1.18 bits per heavy atom. The molecule has 188 valence electrons. The van der Waals surface area contributed by atoms with Crippen molar-refractivity contribution in [1.29, 1.82) is 0 Å². The molecule has 5 aromatic rings. The molecule has 0 amide bonds. The van der Waals surface area contributed by atoms with Gasteiger partial charge in [0.05, 0.1) is 0 Å². The van der Waals surface area contributed by atoms with Gasteiger partial charge < -0.3 is 4.74 Å². The van der Waals surface area contributed by atoms with Crippen LogP contribution in [0.5, 0.6) is 5.75 Å². The lowest BCUT2D eigenvalue weighted by atomic mass is 10.1. The van der Waals surface area contributed by atoms with E-state index in [-0.39, 0.29) is 12.4 Å². The van der Waals surface area contributed by atoms with Gasteiger partial charge in [-0.05, 0) is 61.5 Å². The second-order valence-corrected chi connectivity index (χ2v) is 13.7. The predicted octanol–water partition coefficient (Wildman–Crippen LogP) is 7.51. The van der Waals surface area contributed by atoms with Crippen LogP contribution in [0.4, 0.5) is 0 Å². The summed E-state index contributed by atoms with van der Waals surface area (Å²) in [5, 5.41) is 3.91. The summed E-state index contributed by atoms with van der Waals surface area (Å²) < 4.78 is 7.22. The minimum absolute atomic E-state index is 0.00878. The highest BCUT2D eigenvalue weighted by molar-refractivity contribution is 9.10. The number of hydrogen-bond donors (Lipinski definition) is 0. The first kappa shape index (κ1) is 26.1. The fourth-order valence-electron chi connectivity index (χ4n) is 4.80. The van der Waals surface area contributed by atoms with Gasteiger partial charge in [-0.2, -0.15) is 0 Å². The third kappa shape index (κ3) is 5.65. The molecule has 0 bridgehead atoms. The summed E-state index contributed by atoms with van der Waals surface area (Å²) in [6, 6.07) is 46.1. The Bertz CT molecular complexity index is 1400. The molecule has 0 spiro atoms. The van der Waals surface area contributed by atoms with E-state index in [2.05, 4.69) is 113 Å². The summed E-state index contributed by atoms with van der Waals surface area (Å²) in [6.07, 6.45) is 0.762. The van der Waals surface area contributed by atoms with Gasteiger partial charge >= 0.3 is 0 Å². The lowest BCUT2D eigenvalue weighted by Gasteiger charge is -2.28. The zero-order valence-electron chi connectivity index (χ0n) is 21.3. The van der Waals surface area contributed by atoms with Crippen molar-refractivity contribution in [2.24, 2.45) is 0 Å². The molecule has 0 aliphatic carbocycles. The second kappa shape index (κ2) is 11.9. The first-order chi connectivity index (χ1) is 18.6. The quantitative estimate of drug-likeness (QED) is 0.133. The Kier molecular flexibility index (Phi) is 8.17. The van der Waals surface area contributed by atoms with E-state index in [4.69, 9.17) is 4.74 Å². The number of carbonyl (C=O) groups excluding carboxylic acids is 1. The van der Waals surface area contributed by atoms with Gasteiger partial charge in [0.2, 0.25) is 0 Å². The largest absolute Gasteiger partial charge is 0.485 e. The van der Waals surface area contributed by atoms with Crippen LogP contribution < -0.4 is 20.7 Å². The van der Waals surface area contributed by atoms with Gasteiger partial charge in [-0.25, -0.2) is 0 Å². The maximum absolute atomic E-state index is 12.9. The molecule has 0 radical (unpaired) electrons. The number of benzene rings is 5. The molecule has 0 N–H and O–H groups in total. The molecular weight excluding hydrogens is 551 g/mol. The summed E-state index contributed by atoms with van der Waals surface area (Å²) in [4.78, 5) is 12.9. The summed E-state index contributed by atoms with van der Waals surface area (Å²) >= 11 is 3.69. The molecule has 38 heavy (non-hydrogen) atoms. The van der Waals surface area contributed by atoms with Crippen molar-refractivity contribution in [3.63, 3.8) is 0 Å². The monoisotopic (exact) mass is 579 g/mol. The first-order valence-electron chi connectivity index (χ1n) is 12.6. The molecule has 0 saturated heterocycles. The van der Waals surface area contributed by atoms with E-state index in [0.717, 1.165) is 27.5 Å². The van der Waals surface area contributed by atoms with Gasteiger partial charge in [-0.1, -0.05) is 100 Å². The summed E-state index contributed by atoms with van der Waals surface area (Å²) in [5.74, 6) is 0.704. The Labute approximate surface area is 233 Å². The van der Waals surface area contributed by atoms with Crippen LogP contribution in [-0.4, -0.2) is 12.4 Å². The Morgan fingerprint density at radius 3 is 1.68 bits per heavy atom. The van der Waals surface area contributed by atoms with Crippen molar-refractivity contribution >= 4 is 44.9 Å². The normalized spacial score (nSPS) is 11.2. The summed E-state index contributed by atoms with van der Waals surface area (Å²) in [5.41, 5.74) is 2.86. The van der Waals surface area contributed by atoms with Crippen LogP contribution >= 0.6 is 23.2 Å². The molecule has 0 saturated carbocycles. The molecule has 5 rings (SSSR count). The van der Waals surface area contributed by atoms with Gasteiger partial charge in [0, 0.05) is 15.6 Å². The van der Waals surface area contributed by atoms with Crippen LogP contribution in [0.25, 0.3) is 0 Å². The van der Waals surface area contributed by atoms with Gasteiger partial charge in [0.15, 0.2) is 12.4 Å². The number of carbonyl (C=O) groups is 1. The molecule has 5 aromatic carbocycles. The van der Waals surface area contributed by atoms with Gasteiger partial charge in [0.25, 0.3) is 0 Å². The molecule has 0 heterocycles. The van der Waals surface area contributed by atoms with Gasteiger partial charge in [0.1, 0.15) is 35.1 Å². The lowest BCUT2D eigenvalue weighted by Crippen LogP contribution is -2.32. The van der Waals surface area contributed by atoms with E-state index in [0.29, 0.717) is 5.56 Å². The van der Waals surface area contributed by atoms with Crippen LogP contribution in [0.2, 0.25) is 0 Å². The fraction of sp³-hybridized carbons (Fsp3) is 0.0882. The van der Waals surface area contributed by atoms with E-state index >= 15 is 0 Å². The molecule has 0 unspecified atom stereocenters. The van der Waals surface area contributed by atoms with Gasteiger partial charge in [-0.3, -0.25) is 4.79 Å². The van der Waals surface area contributed by atoms with Crippen molar-refractivity contribution in [1.82, 2.24) is 0 Å². The highest BCUT2D eigenvalue weighted by Crippen LogP contribution is 2.59. The summed E-state index contributed by atoms with van der Waals surface area (Å²) in [6.45, 7) is 2.01. The molecule has 2 nitrogen and oxygen atoms in total. The molecule has 0 atom stereocenters. The molecule has 0 fully saturated rings. The molecule has 0 aliphatic rings. The average molecular weight is 580 g/mol. The Balaban J connectivity index is 1.59. The number of aryl methyl sites for hydroxylation is 1. The van der Waals surface area contributed by atoms with E-state index in [1.54, 1.807) is 0 Å². The number of Topliss-reactive ketones (excluding diaryl/α,β-unsaturated/α-hetero) is 1. The third-order valence-corrected chi connectivity index (χ3v) is 11.6. The van der Waals surface area contributed by atoms with Crippen molar-refractivity contribution in [2.75, 3.05) is 6.61 Å². The van der Waals surface area contributed by atoms with Crippen molar-refractivity contribution < 1.29 is 9.53 Å². The van der Waals surface area contributed by atoms with E-state index in [1.807, 2.05) is 43.3 Å². The van der Waals surface area contributed by atoms with Crippen LogP contribution in [0.3, 0.4) is 0 Å². The smallest absolute Gasteiger partial charge is 0.200 e.